The van der Waals surface area contributed by atoms with Crippen molar-refractivity contribution in [2.75, 3.05) is 44.3 Å². The van der Waals surface area contributed by atoms with Crippen LogP contribution in [0.5, 0.6) is 0 Å². The first-order valence-electron chi connectivity index (χ1n) is 9.07. The normalized spacial score (nSPS) is 21.2. The van der Waals surface area contributed by atoms with Crippen LogP contribution >= 0.6 is 0 Å². The Morgan fingerprint density at radius 3 is 2.52 bits per heavy atom. The van der Waals surface area contributed by atoms with Gasteiger partial charge in [-0.2, -0.15) is 0 Å². The van der Waals surface area contributed by atoms with Gasteiger partial charge in [-0.1, -0.05) is 0 Å². The maximum Gasteiger partial charge on any atom is 0.303 e. The minimum Gasteiger partial charge on any atom is -0.481 e. The summed E-state index contributed by atoms with van der Waals surface area (Å²) in [5.74, 6) is -0.419. The van der Waals surface area contributed by atoms with Crippen molar-refractivity contribution in [1.29, 1.82) is 0 Å². The quantitative estimate of drug-likeness (QED) is 0.885. The number of piperidine rings is 1. The van der Waals surface area contributed by atoms with Gasteiger partial charge < -0.3 is 19.6 Å². The monoisotopic (exact) mass is 346 g/mol. The smallest absolute Gasteiger partial charge is 0.303 e. The number of rotatable bonds is 5. The van der Waals surface area contributed by atoms with E-state index in [0.29, 0.717) is 24.4 Å². The van der Waals surface area contributed by atoms with Gasteiger partial charge in [-0.15, -0.1) is 0 Å². The molecule has 6 heteroatoms. The molecule has 2 heterocycles. The fourth-order valence-electron chi connectivity index (χ4n) is 3.63. The van der Waals surface area contributed by atoms with Gasteiger partial charge in [0, 0.05) is 43.9 Å². The average Bonchev–Trinajstić information content (AvgIpc) is 2.67. The van der Waals surface area contributed by atoms with E-state index in [-0.39, 0.29) is 12.3 Å². The molecular weight excluding hydrogens is 320 g/mol. The van der Waals surface area contributed by atoms with Gasteiger partial charge in [0.1, 0.15) is 0 Å². The summed E-state index contributed by atoms with van der Waals surface area (Å²) in [7, 11) is 0. The molecule has 0 bridgehead atoms. The number of hydrogen-bond acceptors (Lipinski definition) is 4. The molecule has 3 rings (SSSR count). The first-order valence-corrected chi connectivity index (χ1v) is 9.07. The Hall–Kier alpha value is -2.08. The lowest BCUT2D eigenvalue weighted by Crippen LogP contribution is -2.40. The molecule has 1 atom stereocenters. The van der Waals surface area contributed by atoms with E-state index in [4.69, 9.17) is 9.84 Å². The number of carboxylic acid groups (broad SMARTS) is 1. The van der Waals surface area contributed by atoms with Gasteiger partial charge >= 0.3 is 5.97 Å². The topological polar surface area (TPSA) is 70.1 Å². The molecule has 0 radical (unpaired) electrons. The number of nitrogens with zero attached hydrogens (tertiary/aromatic N) is 2. The van der Waals surface area contributed by atoms with E-state index in [1.165, 1.54) is 0 Å². The molecule has 2 aliphatic rings. The lowest BCUT2D eigenvalue weighted by atomic mass is 9.93. The van der Waals surface area contributed by atoms with Crippen molar-refractivity contribution < 1.29 is 19.4 Å². The third kappa shape index (κ3) is 4.72. The molecule has 6 nitrogen and oxygen atoms in total. The van der Waals surface area contributed by atoms with E-state index in [2.05, 4.69) is 4.90 Å². The fourth-order valence-corrected chi connectivity index (χ4v) is 3.63. The highest BCUT2D eigenvalue weighted by molar-refractivity contribution is 5.94. The van der Waals surface area contributed by atoms with E-state index in [0.717, 1.165) is 51.4 Å². The fraction of sp³-hybridized carbons (Fsp3) is 0.579. The Morgan fingerprint density at radius 2 is 1.84 bits per heavy atom. The summed E-state index contributed by atoms with van der Waals surface area (Å²) < 4.78 is 5.37. The lowest BCUT2D eigenvalue weighted by molar-refractivity contribution is -0.137. The van der Waals surface area contributed by atoms with Crippen molar-refractivity contribution in [1.82, 2.24) is 4.90 Å². The zero-order valence-electron chi connectivity index (χ0n) is 14.5. The molecular formula is C19H26N2O4. The molecule has 1 unspecified atom stereocenters. The van der Waals surface area contributed by atoms with Crippen LogP contribution in [0.1, 0.15) is 36.0 Å². The predicted octanol–water partition coefficient (Wildman–Crippen LogP) is 2.24. The molecule has 0 aliphatic carbocycles. The molecule has 2 saturated heterocycles. The number of carboxylic acids is 1. The summed E-state index contributed by atoms with van der Waals surface area (Å²) in [5, 5.41) is 8.84. The molecule has 0 saturated carbocycles. The number of morpholine rings is 1. The largest absolute Gasteiger partial charge is 0.481 e. The maximum absolute atomic E-state index is 12.7. The zero-order chi connectivity index (χ0) is 17.6. The van der Waals surface area contributed by atoms with Crippen molar-refractivity contribution in [3.8, 4) is 0 Å². The summed E-state index contributed by atoms with van der Waals surface area (Å²) in [5.41, 5.74) is 1.83. The second kappa shape index (κ2) is 8.34. The molecule has 1 aromatic rings. The van der Waals surface area contributed by atoms with Gasteiger partial charge in [0.2, 0.25) is 0 Å². The summed E-state index contributed by atoms with van der Waals surface area (Å²) >= 11 is 0. The molecule has 1 amide bonds. The van der Waals surface area contributed by atoms with Crippen molar-refractivity contribution >= 4 is 17.6 Å². The zero-order valence-corrected chi connectivity index (χ0v) is 14.5. The van der Waals surface area contributed by atoms with Gasteiger partial charge in [-0.3, -0.25) is 9.59 Å². The van der Waals surface area contributed by atoms with Crippen molar-refractivity contribution in [2.24, 2.45) is 5.92 Å². The highest BCUT2D eigenvalue weighted by Gasteiger charge is 2.25. The average molecular weight is 346 g/mol. The van der Waals surface area contributed by atoms with Crippen LogP contribution in [0.25, 0.3) is 0 Å². The van der Waals surface area contributed by atoms with Crippen LogP contribution in [0, 0.1) is 5.92 Å². The Balaban J connectivity index is 1.59. The van der Waals surface area contributed by atoms with E-state index in [9.17, 15) is 9.59 Å². The Kier molecular flexibility index (Phi) is 5.91. The summed E-state index contributed by atoms with van der Waals surface area (Å²) in [6, 6.07) is 7.80. The Morgan fingerprint density at radius 1 is 1.12 bits per heavy atom. The first-order chi connectivity index (χ1) is 12.1. The molecule has 0 spiro atoms. The van der Waals surface area contributed by atoms with E-state index < -0.39 is 5.97 Å². The highest BCUT2D eigenvalue weighted by atomic mass is 16.5. The van der Waals surface area contributed by atoms with Crippen LogP contribution in [0.15, 0.2) is 24.3 Å². The van der Waals surface area contributed by atoms with Crippen LogP contribution in [0.4, 0.5) is 5.69 Å². The van der Waals surface area contributed by atoms with Crippen molar-refractivity contribution in [3.05, 3.63) is 29.8 Å². The maximum atomic E-state index is 12.7. The number of aliphatic carboxylic acids is 1. The second-order valence-corrected chi connectivity index (χ2v) is 6.84. The van der Waals surface area contributed by atoms with Crippen LogP contribution in [-0.2, 0) is 9.53 Å². The van der Waals surface area contributed by atoms with E-state index in [1.54, 1.807) is 0 Å². The summed E-state index contributed by atoms with van der Waals surface area (Å²) in [6.45, 7) is 4.67. The molecule has 0 aromatic heterocycles. The number of anilines is 1. The van der Waals surface area contributed by atoms with Crippen LogP contribution in [0.2, 0.25) is 0 Å². The van der Waals surface area contributed by atoms with Crippen molar-refractivity contribution in [2.45, 2.75) is 25.7 Å². The van der Waals surface area contributed by atoms with Gasteiger partial charge in [0.15, 0.2) is 0 Å². The number of ether oxygens (including phenoxy) is 1. The molecule has 1 N–H and O–H groups in total. The summed E-state index contributed by atoms with van der Waals surface area (Å²) in [4.78, 5) is 27.6. The second-order valence-electron chi connectivity index (χ2n) is 6.84. The molecule has 2 aliphatic heterocycles. The van der Waals surface area contributed by atoms with Crippen LogP contribution < -0.4 is 4.90 Å². The standard InChI is InChI=1S/C19H26N2O4/c22-18(23)8-3-15-2-1-9-21(14-15)19(24)16-4-6-17(7-5-16)20-10-12-25-13-11-20/h4-7,15H,1-3,8-14H2,(H,22,23). The van der Waals surface area contributed by atoms with Crippen LogP contribution in [-0.4, -0.2) is 61.3 Å². The Bertz CT molecular complexity index is 596. The number of hydrogen-bond donors (Lipinski definition) is 1. The highest BCUT2D eigenvalue weighted by Crippen LogP contribution is 2.23. The first kappa shape index (κ1) is 17.7. The third-order valence-electron chi connectivity index (χ3n) is 5.06. The minimum absolute atomic E-state index is 0.0496. The molecule has 1 aromatic carbocycles. The number of amides is 1. The lowest BCUT2D eigenvalue weighted by Gasteiger charge is -2.33. The molecule has 2 fully saturated rings. The number of carbonyl (C=O) groups excluding carboxylic acids is 1. The number of benzene rings is 1. The minimum atomic E-state index is -0.762. The molecule has 25 heavy (non-hydrogen) atoms. The van der Waals surface area contributed by atoms with E-state index in [1.807, 2.05) is 29.2 Å². The van der Waals surface area contributed by atoms with Gasteiger partial charge in [-0.05, 0) is 49.4 Å². The number of likely N-dealkylation sites (tertiary alicyclic amines) is 1. The SMILES string of the molecule is O=C(O)CCC1CCCN(C(=O)c2ccc(N3CCOCC3)cc2)C1. The van der Waals surface area contributed by atoms with Gasteiger partial charge in [0.25, 0.3) is 5.91 Å². The predicted molar refractivity (Wildman–Crippen MR) is 95.0 cm³/mol. The van der Waals surface area contributed by atoms with Crippen LogP contribution in [0.3, 0.4) is 0 Å². The van der Waals surface area contributed by atoms with Crippen molar-refractivity contribution in [3.63, 3.8) is 0 Å². The van der Waals surface area contributed by atoms with E-state index >= 15 is 0 Å². The van der Waals surface area contributed by atoms with Gasteiger partial charge in [-0.25, -0.2) is 0 Å². The molecule has 136 valence electrons. The number of carbonyl (C=O) groups is 2. The Labute approximate surface area is 148 Å². The van der Waals surface area contributed by atoms with Gasteiger partial charge in [0.05, 0.1) is 13.2 Å². The summed E-state index contributed by atoms with van der Waals surface area (Å²) in [6.07, 6.45) is 2.78. The third-order valence-corrected chi connectivity index (χ3v) is 5.06.